The number of aryl methyl sites for hydroxylation is 1. The molecule has 19 heavy (non-hydrogen) atoms. The molecule has 0 saturated carbocycles. The van der Waals surface area contributed by atoms with E-state index in [1.54, 1.807) is 9.25 Å². The molecule has 3 rings (SSSR count). The smallest absolute Gasteiger partial charge is 0.326 e. The van der Waals surface area contributed by atoms with E-state index in [0.717, 1.165) is 42.8 Å². The third-order valence-electron chi connectivity index (χ3n) is 3.62. The van der Waals surface area contributed by atoms with Gasteiger partial charge in [0.1, 0.15) is 5.82 Å². The largest absolute Gasteiger partial charge is 0.346 e. The van der Waals surface area contributed by atoms with E-state index in [9.17, 15) is 4.79 Å². The van der Waals surface area contributed by atoms with Crippen LogP contribution in [0.25, 0.3) is 0 Å². The summed E-state index contributed by atoms with van der Waals surface area (Å²) < 4.78 is 3.37. The van der Waals surface area contributed by atoms with Gasteiger partial charge in [-0.1, -0.05) is 24.3 Å². The first-order valence-corrected chi connectivity index (χ1v) is 6.72. The summed E-state index contributed by atoms with van der Waals surface area (Å²) in [6, 6.07) is 8.01. The highest BCUT2D eigenvalue weighted by Crippen LogP contribution is 2.10. The molecule has 0 unspecified atom stereocenters. The van der Waals surface area contributed by atoms with Gasteiger partial charge in [-0.2, -0.15) is 5.10 Å². The van der Waals surface area contributed by atoms with Gasteiger partial charge < -0.3 is 5.73 Å². The van der Waals surface area contributed by atoms with Crippen LogP contribution in [0, 0.1) is 0 Å². The number of nitrogens with zero attached hydrogens (tertiary/aromatic N) is 3. The number of fused-ring (bicyclic) bond motifs is 1. The molecule has 1 aromatic carbocycles. The van der Waals surface area contributed by atoms with Crippen molar-refractivity contribution in [3.8, 4) is 0 Å². The maximum absolute atomic E-state index is 12.2. The highest BCUT2D eigenvalue weighted by molar-refractivity contribution is 5.22. The van der Waals surface area contributed by atoms with Crippen LogP contribution in [0.1, 0.15) is 29.8 Å². The van der Waals surface area contributed by atoms with Crippen LogP contribution in [-0.4, -0.2) is 14.3 Å². The van der Waals surface area contributed by atoms with E-state index in [2.05, 4.69) is 5.10 Å². The summed E-state index contributed by atoms with van der Waals surface area (Å²) in [5.41, 5.74) is 7.76. The molecule has 1 aliphatic heterocycles. The van der Waals surface area contributed by atoms with E-state index in [0.29, 0.717) is 13.1 Å². The average molecular weight is 258 g/mol. The molecule has 5 heteroatoms. The summed E-state index contributed by atoms with van der Waals surface area (Å²) in [4.78, 5) is 12.2. The summed E-state index contributed by atoms with van der Waals surface area (Å²) in [5, 5.41) is 4.43. The van der Waals surface area contributed by atoms with Gasteiger partial charge in [0.05, 0.1) is 6.54 Å². The third kappa shape index (κ3) is 2.33. The van der Waals surface area contributed by atoms with Crippen molar-refractivity contribution in [1.29, 1.82) is 0 Å². The lowest BCUT2D eigenvalue weighted by molar-refractivity contribution is 0.511. The van der Waals surface area contributed by atoms with Crippen LogP contribution in [0.3, 0.4) is 0 Å². The fourth-order valence-electron chi connectivity index (χ4n) is 2.51. The monoisotopic (exact) mass is 258 g/mol. The molecular weight excluding hydrogens is 240 g/mol. The van der Waals surface area contributed by atoms with Gasteiger partial charge in [0, 0.05) is 19.5 Å². The molecule has 1 aromatic heterocycles. The lowest BCUT2D eigenvalue weighted by atomic mass is 10.1. The van der Waals surface area contributed by atoms with E-state index >= 15 is 0 Å². The molecule has 0 atom stereocenters. The summed E-state index contributed by atoms with van der Waals surface area (Å²) in [6.07, 6.45) is 3.11. The van der Waals surface area contributed by atoms with E-state index in [1.165, 1.54) is 0 Å². The number of rotatable bonds is 3. The number of hydrogen-bond donors (Lipinski definition) is 1. The zero-order valence-electron chi connectivity index (χ0n) is 10.9. The number of hydrogen-bond acceptors (Lipinski definition) is 3. The second kappa shape index (κ2) is 5.01. The van der Waals surface area contributed by atoms with Crippen molar-refractivity contribution < 1.29 is 0 Å². The molecule has 5 nitrogen and oxygen atoms in total. The second-order valence-electron chi connectivity index (χ2n) is 4.99. The fraction of sp³-hybridized carbons (Fsp3) is 0.429. The molecular formula is C14H18N4O. The molecule has 0 spiro atoms. The maximum atomic E-state index is 12.2. The topological polar surface area (TPSA) is 65.8 Å². The van der Waals surface area contributed by atoms with Crippen LogP contribution in [-0.2, 0) is 26.1 Å². The quantitative estimate of drug-likeness (QED) is 0.889. The molecule has 1 aliphatic rings. The maximum Gasteiger partial charge on any atom is 0.346 e. The van der Waals surface area contributed by atoms with Crippen LogP contribution in [0.5, 0.6) is 0 Å². The van der Waals surface area contributed by atoms with E-state index in [1.807, 2.05) is 24.3 Å². The van der Waals surface area contributed by atoms with Crippen LogP contribution >= 0.6 is 0 Å². The fourth-order valence-corrected chi connectivity index (χ4v) is 2.51. The Hall–Kier alpha value is -1.88. The molecule has 0 saturated heterocycles. The predicted octanol–water partition coefficient (Wildman–Crippen LogP) is 0.888. The first kappa shape index (κ1) is 12.2. The van der Waals surface area contributed by atoms with Gasteiger partial charge in [0.25, 0.3) is 0 Å². The normalized spacial score (nSPS) is 14.4. The summed E-state index contributed by atoms with van der Waals surface area (Å²) in [7, 11) is 0. The molecule has 0 bridgehead atoms. The summed E-state index contributed by atoms with van der Waals surface area (Å²) in [6.45, 7) is 1.88. The lowest BCUT2D eigenvalue weighted by Gasteiger charge is -2.09. The van der Waals surface area contributed by atoms with Gasteiger partial charge in [0.15, 0.2) is 0 Å². The van der Waals surface area contributed by atoms with Gasteiger partial charge in [0.2, 0.25) is 0 Å². The minimum atomic E-state index is 0.0117. The van der Waals surface area contributed by atoms with Crippen molar-refractivity contribution in [3.63, 3.8) is 0 Å². The van der Waals surface area contributed by atoms with E-state index in [4.69, 9.17) is 5.73 Å². The highest BCUT2D eigenvalue weighted by atomic mass is 16.2. The molecule has 100 valence electrons. The number of nitrogens with two attached hydrogens (primary N) is 1. The van der Waals surface area contributed by atoms with E-state index in [-0.39, 0.29) is 5.69 Å². The molecule has 0 amide bonds. The molecule has 2 aromatic rings. The van der Waals surface area contributed by atoms with Crippen molar-refractivity contribution in [2.75, 3.05) is 0 Å². The number of benzene rings is 1. The molecule has 0 fully saturated rings. The van der Waals surface area contributed by atoms with Crippen molar-refractivity contribution in [3.05, 3.63) is 51.7 Å². The Morgan fingerprint density at radius 3 is 2.58 bits per heavy atom. The van der Waals surface area contributed by atoms with Gasteiger partial charge >= 0.3 is 5.69 Å². The Kier molecular flexibility index (Phi) is 3.21. The zero-order chi connectivity index (χ0) is 13.2. The Balaban J connectivity index is 1.86. The van der Waals surface area contributed by atoms with Gasteiger partial charge in [-0.15, -0.1) is 0 Å². The molecule has 0 radical (unpaired) electrons. The zero-order valence-corrected chi connectivity index (χ0v) is 10.9. The molecule has 0 aliphatic carbocycles. The summed E-state index contributed by atoms with van der Waals surface area (Å²) >= 11 is 0. The second-order valence-corrected chi connectivity index (χ2v) is 4.99. The lowest BCUT2D eigenvalue weighted by Crippen LogP contribution is -2.27. The van der Waals surface area contributed by atoms with Crippen molar-refractivity contribution in [1.82, 2.24) is 14.3 Å². The highest BCUT2D eigenvalue weighted by Gasteiger charge is 2.16. The minimum absolute atomic E-state index is 0.0117. The first-order valence-electron chi connectivity index (χ1n) is 6.72. The van der Waals surface area contributed by atoms with Crippen molar-refractivity contribution >= 4 is 0 Å². The molecule has 2 N–H and O–H groups in total. The Morgan fingerprint density at radius 2 is 1.89 bits per heavy atom. The van der Waals surface area contributed by atoms with E-state index < -0.39 is 0 Å². The predicted molar refractivity (Wildman–Crippen MR) is 72.9 cm³/mol. The average Bonchev–Trinajstić information content (AvgIpc) is 2.77. The van der Waals surface area contributed by atoms with Gasteiger partial charge in [-0.25, -0.2) is 9.48 Å². The Morgan fingerprint density at radius 1 is 1.16 bits per heavy atom. The van der Waals surface area contributed by atoms with Crippen LogP contribution < -0.4 is 11.4 Å². The van der Waals surface area contributed by atoms with Crippen molar-refractivity contribution in [2.24, 2.45) is 5.73 Å². The Labute approximate surface area is 111 Å². The van der Waals surface area contributed by atoms with Crippen LogP contribution in [0.2, 0.25) is 0 Å². The first-order chi connectivity index (χ1) is 9.28. The third-order valence-corrected chi connectivity index (χ3v) is 3.62. The van der Waals surface area contributed by atoms with Crippen LogP contribution in [0.4, 0.5) is 0 Å². The minimum Gasteiger partial charge on any atom is -0.326 e. The van der Waals surface area contributed by atoms with Gasteiger partial charge in [-0.3, -0.25) is 4.57 Å². The standard InChI is InChI=1S/C14H18N4O/c15-9-11-4-6-12(7-5-11)10-18-14(19)17-8-2-1-3-13(17)16-18/h4-7H,1-3,8-10,15H2. The van der Waals surface area contributed by atoms with Crippen molar-refractivity contribution in [2.45, 2.75) is 38.9 Å². The Bertz CT molecular complexity index is 624. The number of aromatic nitrogens is 3. The summed E-state index contributed by atoms with van der Waals surface area (Å²) in [5.74, 6) is 0.926. The van der Waals surface area contributed by atoms with Crippen LogP contribution in [0.15, 0.2) is 29.1 Å². The molecule has 2 heterocycles. The SMILES string of the molecule is NCc1ccc(Cn2nc3n(c2=O)CCCC3)cc1. The van der Waals surface area contributed by atoms with Gasteiger partial charge in [-0.05, 0) is 24.0 Å².